The maximum atomic E-state index is 12.9. The van der Waals surface area contributed by atoms with Crippen molar-refractivity contribution in [2.45, 2.75) is 25.7 Å². The SMILES string of the molecule is O=C(CSCCN1CCCCCC1)N(c1ccccc1)c1ccccc1. The molecular weight excluding hydrogens is 340 g/mol. The first-order valence-electron chi connectivity index (χ1n) is 9.58. The molecular formula is C22H28N2OS. The normalized spacial score (nSPS) is 15.4. The molecule has 1 heterocycles. The summed E-state index contributed by atoms with van der Waals surface area (Å²) in [5.41, 5.74) is 1.86. The Morgan fingerprint density at radius 3 is 1.92 bits per heavy atom. The van der Waals surface area contributed by atoms with Gasteiger partial charge in [0.05, 0.1) is 5.75 Å². The van der Waals surface area contributed by atoms with E-state index in [4.69, 9.17) is 0 Å². The molecule has 0 spiro atoms. The molecule has 0 bridgehead atoms. The average Bonchev–Trinajstić information content (AvgIpc) is 2.96. The second kappa shape index (κ2) is 10.4. The van der Waals surface area contributed by atoms with Crippen LogP contribution >= 0.6 is 11.8 Å². The van der Waals surface area contributed by atoms with Crippen molar-refractivity contribution in [3.8, 4) is 0 Å². The molecule has 2 aromatic carbocycles. The van der Waals surface area contributed by atoms with Gasteiger partial charge in [-0.1, -0.05) is 49.2 Å². The van der Waals surface area contributed by atoms with Crippen LogP contribution < -0.4 is 4.90 Å². The number of carbonyl (C=O) groups is 1. The number of para-hydroxylation sites is 2. The molecule has 1 aliphatic rings. The van der Waals surface area contributed by atoms with Crippen molar-refractivity contribution in [2.24, 2.45) is 0 Å². The van der Waals surface area contributed by atoms with Crippen molar-refractivity contribution in [2.75, 3.05) is 36.0 Å². The predicted molar refractivity (Wildman–Crippen MR) is 112 cm³/mol. The van der Waals surface area contributed by atoms with Gasteiger partial charge in [0, 0.05) is 23.7 Å². The van der Waals surface area contributed by atoms with E-state index < -0.39 is 0 Å². The Morgan fingerprint density at radius 2 is 1.38 bits per heavy atom. The van der Waals surface area contributed by atoms with Crippen molar-refractivity contribution in [1.29, 1.82) is 0 Å². The number of anilines is 2. The molecule has 26 heavy (non-hydrogen) atoms. The lowest BCUT2D eigenvalue weighted by molar-refractivity contribution is -0.115. The van der Waals surface area contributed by atoms with Crippen molar-refractivity contribution < 1.29 is 4.79 Å². The highest BCUT2D eigenvalue weighted by Crippen LogP contribution is 2.26. The van der Waals surface area contributed by atoms with Crippen LogP contribution in [-0.2, 0) is 4.79 Å². The van der Waals surface area contributed by atoms with Crippen LogP contribution in [0.25, 0.3) is 0 Å². The van der Waals surface area contributed by atoms with Crippen molar-refractivity contribution >= 4 is 29.0 Å². The lowest BCUT2D eigenvalue weighted by Crippen LogP contribution is -2.29. The van der Waals surface area contributed by atoms with Crippen LogP contribution in [0.1, 0.15) is 25.7 Å². The molecule has 4 heteroatoms. The zero-order valence-electron chi connectivity index (χ0n) is 15.3. The lowest BCUT2D eigenvalue weighted by atomic mass is 10.2. The second-order valence-corrected chi connectivity index (χ2v) is 7.81. The van der Waals surface area contributed by atoms with Gasteiger partial charge in [0.25, 0.3) is 0 Å². The summed E-state index contributed by atoms with van der Waals surface area (Å²) in [7, 11) is 0. The van der Waals surface area contributed by atoms with Crippen molar-refractivity contribution in [3.63, 3.8) is 0 Å². The van der Waals surface area contributed by atoms with E-state index in [1.807, 2.05) is 65.6 Å². The third kappa shape index (κ3) is 5.61. The number of benzene rings is 2. The first kappa shape index (κ1) is 19.0. The van der Waals surface area contributed by atoms with Crippen molar-refractivity contribution in [3.05, 3.63) is 60.7 Å². The molecule has 2 aromatic rings. The van der Waals surface area contributed by atoms with Gasteiger partial charge in [0.2, 0.25) is 5.91 Å². The van der Waals surface area contributed by atoms with Gasteiger partial charge >= 0.3 is 0 Å². The van der Waals surface area contributed by atoms with E-state index in [1.165, 1.54) is 38.8 Å². The Morgan fingerprint density at radius 1 is 0.846 bits per heavy atom. The molecule has 0 atom stereocenters. The van der Waals surface area contributed by atoms with E-state index >= 15 is 0 Å². The Bertz CT molecular complexity index is 615. The van der Waals surface area contributed by atoms with Gasteiger partial charge in [-0.05, 0) is 50.2 Å². The number of rotatable bonds is 7. The van der Waals surface area contributed by atoms with Gasteiger partial charge in [-0.25, -0.2) is 0 Å². The molecule has 1 amide bonds. The highest BCUT2D eigenvalue weighted by Gasteiger charge is 2.17. The average molecular weight is 369 g/mol. The molecule has 1 aliphatic heterocycles. The fraction of sp³-hybridized carbons (Fsp3) is 0.409. The molecule has 0 aliphatic carbocycles. The molecule has 3 nitrogen and oxygen atoms in total. The summed E-state index contributed by atoms with van der Waals surface area (Å²) < 4.78 is 0. The minimum absolute atomic E-state index is 0.142. The Kier molecular flexibility index (Phi) is 7.59. The summed E-state index contributed by atoms with van der Waals surface area (Å²) in [4.78, 5) is 17.3. The summed E-state index contributed by atoms with van der Waals surface area (Å²) in [5.74, 6) is 1.67. The van der Waals surface area contributed by atoms with E-state index in [0.29, 0.717) is 5.75 Å². The van der Waals surface area contributed by atoms with Gasteiger partial charge in [-0.2, -0.15) is 11.8 Å². The van der Waals surface area contributed by atoms with Crippen molar-refractivity contribution in [1.82, 2.24) is 4.90 Å². The zero-order valence-corrected chi connectivity index (χ0v) is 16.2. The maximum absolute atomic E-state index is 12.9. The molecule has 0 aromatic heterocycles. The van der Waals surface area contributed by atoms with E-state index in [9.17, 15) is 4.79 Å². The summed E-state index contributed by atoms with van der Waals surface area (Å²) in [5, 5.41) is 0. The van der Waals surface area contributed by atoms with Crippen LogP contribution in [0.15, 0.2) is 60.7 Å². The first-order valence-corrected chi connectivity index (χ1v) is 10.7. The van der Waals surface area contributed by atoms with E-state index in [2.05, 4.69) is 4.90 Å². The number of thioether (sulfide) groups is 1. The number of carbonyl (C=O) groups excluding carboxylic acids is 1. The van der Waals surface area contributed by atoms with Crippen LogP contribution in [0.3, 0.4) is 0 Å². The van der Waals surface area contributed by atoms with Crippen LogP contribution in [-0.4, -0.2) is 41.9 Å². The standard InChI is InChI=1S/C22H28N2OS/c25-22(19-26-18-17-23-15-9-1-2-10-16-23)24(20-11-5-3-6-12-20)21-13-7-4-8-14-21/h3-8,11-14H,1-2,9-10,15-19H2. The second-order valence-electron chi connectivity index (χ2n) is 6.71. The number of hydrogen-bond donors (Lipinski definition) is 0. The first-order chi connectivity index (χ1) is 12.8. The minimum Gasteiger partial charge on any atom is -0.303 e. The van der Waals surface area contributed by atoms with Crippen LogP contribution in [0, 0.1) is 0 Å². The third-order valence-corrected chi connectivity index (χ3v) is 5.68. The topological polar surface area (TPSA) is 23.6 Å². The summed E-state index contributed by atoms with van der Waals surface area (Å²) in [6.45, 7) is 3.53. The van der Waals surface area contributed by atoms with E-state index in [-0.39, 0.29) is 5.91 Å². The molecule has 0 unspecified atom stereocenters. The smallest absolute Gasteiger partial charge is 0.241 e. The number of nitrogens with zero attached hydrogens (tertiary/aromatic N) is 2. The number of amides is 1. The summed E-state index contributed by atoms with van der Waals surface area (Å²) in [6, 6.07) is 19.8. The van der Waals surface area contributed by atoms with Crippen LogP contribution in [0.4, 0.5) is 11.4 Å². The van der Waals surface area contributed by atoms with Crippen LogP contribution in [0.5, 0.6) is 0 Å². The van der Waals surface area contributed by atoms with Gasteiger partial charge in [0.15, 0.2) is 0 Å². The van der Waals surface area contributed by atoms with E-state index in [1.54, 1.807) is 11.8 Å². The Balaban J connectivity index is 1.56. The monoisotopic (exact) mass is 368 g/mol. The quantitative estimate of drug-likeness (QED) is 0.645. The molecule has 0 saturated carbocycles. The number of likely N-dealkylation sites (tertiary alicyclic amines) is 1. The highest BCUT2D eigenvalue weighted by atomic mass is 32.2. The van der Waals surface area contributed by atoms with Gasteiger partial charge in [0.1, 0.15) is 0 Å². The lowest BCUT2D eigenvalue weighted by Gasteiger charge is -2.23. The minimum atomic E-state index is 0.142. The summed E-state index contributed by atoms with van der Waals surface area (Å²) >= 11 is 1.75. The largest absolute Gasteiger partial charge is 0.303 e. The highest BCUT2D eigenvalue weighted by molar-refractivity contribution is 7.99. The van der Waals surface area contributed by atoms with Gasteiger partial charge in [-0.3, -0.25) is 9.69 Å². The molecule has 1 fully saturated rings. The number of hydrogen-bond acceptors (Lipinski definition) is 3. The van der Waals surface area contributed by atoms with Gasteiger partial charge in [-0.15, -0.1) is 0 Å². The molecule has 0 N–H and O–H groups in total. The fourth-order valence-corrected chi connectivity index (χ4v) is 4.20. The van der Waals surface area contributed by atoms with Gasteiger partial charge < -0.3 is 4.90 Å². The molecule has 138 valence electrons. The third-order valence-electron chi connectivity index (χ3n) is 4.75. The van der Waals surface area contributed by atoms with E-state index in [0.717, 1.165) is 23.7 Å². The fourth-order valence-electron chi connectivity index (χ4n) is 3.37. The summed E-state index contributed by atoms with van der Waals surface area (Å²) in [6.07, 6.45) is 5.37. The zero-order chi connectivity index (χ0) is 18.0. The Labute approximate surface area is 161 Å². The maximum Gasteiger partial charge on any atom is 0.241 e. The predicted octanol–water partition coefficient (Wildman–Crippen LogP) is 4.96. The Hall–Kier alpha value is -1.78. The van der Waals surface area contributed by atoms with Crippen LogP contribution in [0.2, 0.25) is 0 Å². The molecule has 3 rings (SSSR count). The molecule has 0 radical (unpaired) electrons. The molecule has 1 saturated heterocycles.